The molecule has 4 aromatic rings. The molecule has 0 saturated carbocycles. The minimum atomic E-state index is -0.252. The number of para-hydroxylation sites is 1. The molecule has 0 aliphatic heterocycles. The van der Waals surface area contributed by atoms with Gasteiger partial charge in [-0.15, -0.1) is 0 Å². The zero-order valence-electron chi connectivity index (χ0n) is 17.6. The molecule has 0 bridgehead atoms. The van der Waals surface area contributed by atoms with Gasteiger partial charge in [-0.1, -0.05) is 54.2 Å². The summed E-state index contributed by atoms with van der Waals surface area (Å²) in [7, 11) is 1.80. The van der Waals surface area contributed by atoms with Crippen molar-refractivity contribution in [2.24, 2.45) is 7.05 Å². The van der Waals surface area contributed by atoms with Crippen molar-refractivity contribution in [3.8, 4) is 0 Å². The molecule has 4 rings (SSSR count). The Labute approximate surface area is 189 Å². The van der Waals surface area contributed by atoms with Crippen molar-refractivity contribution in [2.75, 3.05) is 11.1 Å². The number of rotatable bonds is 7. The standard InChI is InChI=1S/C23H22N6O2S/c1-15(16-8-4-3-5-9-16)27-22(31)17-10-6-7-11-19(17)28-20(30)13-32-23-18-12-26-29(2)21(18)24-14-25-23/h3-12,14-15H,13H2,1-2H3,(H,27,31)(H,28,30)/t15-/m0/s1. The van der Waals surface area contributed by atoms with E-state index < -0.39 is 0 Å². The molecule has 2 aromatic carbocycles. The van der Waals surface area contributed by atoms with E-state index in [4.69, 9.17) is 0 Å². The van der Waals surface area contributed by atoms with E-state index in [1.54, 1.807) is 42.2 Å². The van der Waals surface area contributed by atoms with Gasteiger partial charge in [0, 0.05) is 7.05 Å². The van der Waals surface area contributed by atoms with E-state index in [0.29, 0.717) is 21.9 Å². The van der Waals surface area contributed by atoms with Crippen LogP contribution in [-0.4, -0.2) is 37.3 Å². The van der Waals surface area contributed by atoms with Crippen molar-refractivity contribution < 1.29 is 9.59 Å². The third-order valence-electron chi connectivity index (χ3n) is 4.93. The summed E-state index contributed by atoms with van der Waals surface area (Å²) >= 11 is 1.30. The molecule has 0 radical (unpaired) electrons. The summed E-state index contributed by atoms with van der Waals surface area (Å²) in [4.78, 5) is 33.9. The van der Waals surface area contributed by atoms with E-state index in [1.165, 1.54) is 18.1 Å². The molecule has 2 heterocycles. The molecular formula is C23H22N6O2S. The number of carbonyl (C=O) groups excluding carboxylic acids is 2. The van der Waals surface area contributed by atoms with E-state index in [2.05, 4.69) is 25.7 Å². The van der Waals surface area contributed by atoms with Crippen LogP contribution < -0.4 is 10.6 Å². The Balaban J connectivity index is 1.42. The van der Waals surface area contributed by atoms with Gasteiger partial charge in [0.25, 0.3) is 5.91 Å². The fraction of sp³-hybridized carbons (Fsp3) is 0.174. The van der Waals surface area contributed by atoms with E-state index in [-0.39, 0.29) is 23.6 Å². The number of nitrogens with one attached hydrogen (secondary N) is 2. The number of carbonyl (C=O) groups is 2. The average Bonchev–Trinajstić information content (AvgIpc) is 3.20. The maximum atomic E-state index is 12.9. The third-order valence-corrected chi connectivity index (χ3v) is 5.93. The number of thioether (sulfide) groups is 1. The Morgan fingerprint density at radius 2 is 1.81 bits per heavy atom. The smallest absolute Gasteiger partial charge is 0.253 e. The number of amides is 2. The van der Waals surface area contributed by atoms with Gasteiger partial charge >= 0.3 is 0 Å². The van der Waals surface area contributed by atoms with Gasteiger partial charge in [-0.2, -0.15) is 5.10 Å². The number of hydrogen-bond donors (Lipinski definition) is 2. The maximum Gasteiger partial charge on any atom is 0.253 e. The summed E-state index contributed by atoms with van der Waals surface area (Å²) in [5.41, 5.74) is 2.58. The minimum absolute atomic E-state index is 0.136. The fourth-order valence-corrected chi connectivity index (χ4v) is 4.03. The second kappa shape index (κ2) is 9.61. The Morgan fingerprint density at radius 3 is 2.62 bits per heavy atom. The SMILES string of the molecule is C[C@H](NC(=O)c1ccccc1NC(=O)CSc1ncnc2c1cnn2C)c1ccccc1. The molecule has 0 fully saturated rings. The Morgan fingerprint density at radius 1 is 1.06 bits per heavy atom. The van der Waals surface area contributed by atoms with Gasteiger partial charge in [0.05, 0.1) is 34.6 Å². The first kappa shape index (κ1) is 21.5. The van der Waals surface area contributed by atoms with Crippen LogP contribution in [0.5, 0.6) is 0 Å². The predicted octanol–water partition coefficient (Wildman–Crippen LogP) is 3.59. The molecule has 2 aromatic heterocycles. The molecule has 0 saturated heterocycles. The monoisotopic (exact) mass is 446 g/mol. The molecule has 162 valence electrons. The van der Waals surface area contributed by atoms with Crippen LogP contribution >= 0.6 is 11.8 Å². The van der Waals surface area contributed by atoms with Crippen LogP contribution in [0.15, 0.2) is 72.1 Å². The van der Waals surface area contributed by atoms with Gasteiger partial charge in [0.15, 0.2) is 5.65 Å². The number of nitrogens with zero attached hydrogens (tertiary/aromatic N) is 4. The second-order valence-electron chi connectivity index (χ2n) is 7.17. The number of anilines is 1. The number of aromatic nitrogens is 4. The van der Waals surface area contributed by atoms with Crippen molar-refractivity contribution in [2.45, 2.75) is 18.0 Å². The molecule has 2 N–H and O–H groups in total. The largest absolute Gasteiger partial charge is 0.345 e. The van der Waals surface area contributed by atoms with Crippen LogP contribution in [0, 0.1) is 0 Å². The average molecular weight is 447 g/mol. The first-order valence-electron chi connectivity index (χ1n) is 10.0. The summed E-state index contributed by atoms with van der Waals surface area (Å²) in [6, 6.07) is 16.5. The van der Waals surface area contributed by atoms with E-state index in [1.807, 2.05) is 37.3 Å². The lowest BCUT2D eigenvalue weighted by atomic mass is 10.1. The van der Waals surface area contributed by atoms with Gasteiger partial charge in [-0.3, -0.25) is 14.3 Å². The summed E-state index contributed by atoms with van der Waals surface area (Å²) in [6.07, 6.45) is 3.14. The molecule has 0 spiro atoms. The molecule has 2 amide bonds. The zero-order chi connectivity index (χ0) is 22.5. The van der Waals surface area contributed by atoms with Crippen LogP contribution in [0.3, 0.4) is 0 Å². The highest BCUT2D eigenvalue weighted by atomic mass is 32.2. The van der Waals surface area contributed by atoms with Gasteiger partial charge in [0.2, 0.25) is 5.91 Å². The molecular weight excluding hydrogens is 424 g/mol. The number of hydrogen-bond acceptors (Lipinski definition) is 6. The first-order chi connectivity index (χ1) is 15.5. The quantitative estimate of drug-likeness (QED) is 0.332. The summed E-state index contributed by atoms with van der Waals surface area (Å²) in [6.45, 7) is 1.92. The molecule has 9 heteroatoms. The van der Waals surface area contributed by atoms with Gasteiger partial charge < -0.3 is 10.6 Å². The van der Waals surface area contributed by atoms with Crippen molar-refractivity contribution in [3.63, 3.8) is 0 Å². The van der Waals surface area contributed by atoms with Crippen LogP contribution in [0.4, 0.5) is 5.69 Å². The molecule has 1 atom stereocenters. The van der Waals surface area contributed by atoms with E-state index in [0.717, 1.165) is 10.9 Å². The topological polar surface area (TPSA) is 102 Å². The summed E-state index contributed by atoms with van der Waals surface area (Å²) in [5, 5.41) is 11.5. The van der Waals surface area contributed by atoms with E-state index >= 15 is 0 Å². The first-order valence-corrected chi connectivity index (χ1v) is 11.0. The lowest BCUT2D eigenvalue weighted by molar-refractivity contribution is -0.113. The Hall–Kier alpha value is -3.72. The molecule has 8 nitrogen and oxygen atoms in total. The van der Waals surface area contributed by atoms with Gasteiger partial charge in [-0.25, -0.2) is 9.97 Å². The van der Waals surface area contributed by atoms with Crippen molar-refractivity contribution >= 4 is 40.3 Å². The van der Waals surface area contributed by atoms with Crippen molar-refractivity contribution in [1.29, 1.82) is 0 Å². The summed E-state index contributed by atoms with van der Waals surface area (Å²) < 4.78 is 1.66. The minimum Gasteiger partial charge on any atom is -0.345 e. The highest BCUT2D eigenvalue weighted by molar-refractivity contribution is 8.00. The maximum absolute atomic E-state index is 12.9. The molecule has 32 heavy (non-hydrogen) atoms. The number of benzene rings is 2. The van der Waals surface area contributed by atoms with Crippen LogP contribution in [-0.2, 0) is 11.8 Å². The number of aryl methyl sites for hydroxylation is 1. The lowest BCUT2D eigenvalue weighted by Crippen LogP contribution is -2.28. The van der Waals surface area contributed by atoms with Crippen LogP contribution in [0.25, 0.3) is 11.0 Å². The normalized spacial score (nSPS) is 11.8. The van der Waals surface area contributed by atoms with Gasteiger partial charge in [-0.05, 0) is 24.6 Å². The third kappa shape index (κ3) is 4.78. The van der Waals surface area contributed by atoms with Crippen LogP contribution in [0.1, 0.15) is 28.9 Å². The number of fused-ring (bicyclic) bond motifs is 1. The fourth-order valence-electron chi connectivity index (χ4n) is 3.27. The summed E-state index contributed by atoms with van der Waals surface area (Å²) in [5.74, 6) is -0.350. The molecule has 0 aliphatic rings. The molecule has 0 aliphatic carbocycles. The lowest BCUT2D eigenvalue weighted by Gasteiger charge is -2.16. The van der Waals surface area contributed by atoms with Gasteiger partial charge in [0.1, 0.15) is 11.4 Å². The highest BCUT2D eigenvalue weighted by Gasteiger charge is 2.17. The second-order valence-corrected chi connectivity index (χ2v) is 8.14. The molecule has 0 unspecified atom stereocenters. The predicted molar refractivity (Wildman–Crippen MR) is 124 cm³/mol. The highest BCUT2D eigenvalue weighted by Crippen LogP contribution is 2.24. The van der Waals surface area contributed by atoms with Crippen molar-refractivity contribution in [3.05, 3.63) is 78.2 Å². The Kier molecular flexibility index (Phi) is 6.46. The van der Waals surface area contributed by atoms with Crippen molar-refractivity contribution in [1.82, 2.24) is 25.1 Å². The van der Waals surface area contributed by atoms with Crippen LogP contribution in [0.2, 0.25) is 0 Å². The zero-order valence-corrected chi connectivity index (χ0v) is 18.5. The Bertz CT molecular complexity index is 1260. The van der Waals surface area contributed by atoms with E-state index in [9.17, 15) is 9.59 Å².